The average Bonchev–Trinajstić information content (AvgIpc) is 2.44. The Balaban J connectivity index is 2.18. The quantitative estimate of drug-likeness (QED) is 0.757. The highest BCUT2D eigenvalue weighted by Crippen LogP contribution is 2.36. The summed E-state index contributed by atoms with van der Waals surface area (Å²) in [7, 11) is 0. The first-order valence-corrected chi connectivity index (χ1v) is 5.93. The molecule has 0 saturated heterocycles. The van der Waals surface area contributed by atoms with Gasteiger partial charge in [0.05, 0.1) is 0 Å². The van der Waals surface area contributed by atoms with Crippen molar-refractivity contribution in [1.82, 2.24) is 10.6 Å². The molecule has 1 aliphatic carbocycles. The smallest absolute Gasteiger partial charge is 0.221 e. The maximum Gasteiger partial charge on any atom is 0.221 e. The molecule has 0 aromatic heterocycles. The number of carbonyl (C=O) groups is 2. The lowest BCUT2D eigenvalue weighted by atomic mass is 9.92. The first-order valence-electron chi connectivity index (χ1n) is 5.93. The van der Waals surface area contributed by atoms with Crippen molar-refractivity contribution in [2.75, 3.05) is 6.54 Å². The first-order chi connectivity index (χ1) is 7.39. The summed E-state index contributed by atoms with van der Waals surface area (Å²) in [5.74, 6) is -0.0498. The maximum absolute atomic E-state index is 11.5. The second-order valence-electron chi connectivity index (χ2n) is 5.40. The molecule has 2 N–H and O–H groups in total. The molecule has 0 spiro atoms. The molecule has 0 radical (unpaired) electrons. The van der Waals surface area contributed by atoms with Crippen LogP contribution in [0.4, 0.5) is 0 Å². The van der Waals surface area contributed by atoms with Gasteiger partial charge in [-0.1, -0.05) is 13.8 Å². The Morgan fingerprint density at radius 3 is 2.56 bits per heavy atom. The van der Waals surface area contributed by atoms with E-state index in [-0.39, 0.29) is 11.8 Å². The number of rotatable bonds is 4. The maximum atomic E-state index is 11.5. The topological polar surface area (TPSA) is 58.2 Å². The second kappa shape index (κ2) is 5.32. The molecule has 92 valence electrons. The minimum atomic E-state index is -0.0881. The van der Waals surface area contributed by atoms with Crippen LogP contribution in [-0.2, 0) is 9.59 Å². The standard InChI is InChI=1S/C12H22N2O2/c1-9(15)13-7-5-11(16)14-10-4-6-12(2,3)8-10/h10H,4-8H2,1-3H3,(H,13,15)(H,14,16). The van der Waals surface area contributed by atoms with E-state index < -0.39 is 0 Å². The molecule has 1 aliphatic rings. The summed E-state index contributed by atoms with van der Waals surface area (Å²) in [6.07, 6.45) is 3.66. The molecule has 1 atom stereocenters. The molecule has 0 aliphatic heterocycles. The second-order valence-corrected chi connectivity index (χ2v) is 5.40. The van der Waals surface area contributed by atoms with Crippen LogP contribution < -0.4 is 10.6 Å². The Labute approximate surface area is 97.2 Å². The Kier molecular flexibility index (Phi) is 4.33. The van der Waals surface area contributed by atoms with Crippen LogP contribution in [0.2, 0.25) is 0 Å². The summed E-state index contributed by atoms with van der Waals surface area (Å²) in [6.45, 7) is 6.35. The third kappa shape index (κ3) is 4.64. The van der Waals surface area contributed by atoms with Crippen molar-refractivity contribution in [3.8, 4) is 0 Å². The molecule has 1 unspecified atom stereocenters. The molecule has 1 fully saturated rings. The predicted octanol–water partition coefficient (Wildman–Crippen LogP) is 1.21. The van der Waals surface area contributed by atoms with Gasteiger partial charge in [-0.25, -0.2) is 0 Å². The normalized spacial score (nSPS) is 22.8. The van der Waals surface area contributed by atoms with Gasteiger partial charge in [0, 0.05) is 25.9 Å². The molecule has 1 saturated carbocycles. The zero-order valence-corrected chi connectivity index (χ0v) is 10.4. The molecular weight excluding hydrogens is 204 g/mol. The fourth-order valence-corrected chi connectivity index (χ4v) is 2.21. The molecule has 4 nitrogen and oxygen atoms in total. The van der Waals surface area contributed by atoms with E-state index >= 15 is 0 Å². The van der Waals surface area contributed by atoms with Crippen LogP contribution in [0.5, 0.6) is 0 Å². The van der Waals surface area contributed by atoms with Crippen molar-refractivity contribution in [2.24, 2.45) is 5.41 Å². The zero-order valence-electron chi connectivity index (χ0n) is 10.4. The fraction of sp³-hybridized carbons (Fsp3) is 0.833. The van der Waals surface area contributed by atoms with Gasteiger partial charge in [-0.3, -0.25) is 9.59 Å². The average molecular weight is 226 g/mol. The summed E-state index contributed by atoms with van der Waals surface area (Å²) < 4.78 is 0. The van der Waals surface area contributed by atoms with E-state index in [4.69, 9.17) is 0 Å². The highest BCUT2D eigenvalue weighted by Gasteiger charge is 2.31. The van der Waals surface area contributed by atoms with Crippen LogP contribution in [0.25, 0.3) is 0 Å². The summed E-state index contributed by atoms with van der Waals surface area (Å²) in [6, 6.07) is 0.319. The largest absolute Gasteiger partial charge is 0.356 e. The van der Waals surface area contributed by atoms with Crippen molar-refractivity contribution in [3.63, 3.8) is 0 Å². The van der Waals surface area contributed by atoms with Gasteiger partial charge in [0.1, 0.15) is 0 Å². The van der Waals surface area contributed by atoms with Crippen molar-refractivity contribution in [3.05, 3.63) is 0 Å². The summed E-state index contributed by atoms with van der Waals surface area (Å²) in [5, 5.41) is 5.64. The molecule has 1 rings (SSSR count). The molecule has 4 heteroatoms. The monoisotopic (exact) mass is 226 g/mol. The minimum Gasteiger partial charge on any atom is -0.356 e. The SMILES string of the molecule is CC(=O)NCCC(=O)NC1CCC(C)(C)C1. The van der Waals surface area contributed by atoms with Crippen LogP contribution in [0.3, 0.4) is 0 Å². The summed E-state index contributed by atoms with van der Waals surface area (Å²) in [5.41, 5.74) is 0.357. The van der Waals surface area contributed by atoms with Gasteiger partial charge in [-0.15, -0.1) is 0 Å². The third-order valence-corrected chi connectivity index (χ3v) is 3.06. The van der Waals surface area contributed by atoms with Gasteiger partial charge in [0.25, 0.3) is 0 Å². The van der Waals surface area contributed by atoms with Gasteiger partial charge >= 0.3 is 0 Å². The van der Waals surface area contributed by atoms with Crippen molar-refractivity contribution in [1.29, 1.82) is 0 Å². The van der Waals surface area contributed by atoms with Gasteiger partial charge in [0.15, 0.2) is 0 Å². The van der Waals surface area contributed by atoms with Crippen LogP contribution in [-0.4, -0.2) is 24.4 Å². The van der Waals surface area contributed by atoms with Crippen LogP contribution in [0, 0.1) is 5.41 Å². The number of hydrogen-bond donors (Lipinski definition) is 2. The van der Waals surface area contributed by atoms with E-state index in [2.05, 4.69) is 24.5 Å². The summed E-state index contributed by atoms with van der Waals surface area (Å²) in [4.78, 5) is 22.1. The predicted molar refractivity (Wildman–Crippen MR) is 62.9 cm³/mol. The highest BCUT2D eigenvalue weighted by molar-refractivity contribution is 5.78. The fourth-order valence-electron chi connectivity index (χ4n) is 2.21. The molecule has 0 bridgehead atoms. The van der Waals surface area contributed by atoms with Crippen LogP contribution in [0.1, 0.15) is 46.5 Å². The molecule has 16 heavy (non-hydrogen) atoms. The molecule has 0 heterocycles. The molecule has 0 aromatic carbocycles. The van der Waals surface area contributed by atoms with E-state index in [0.717, 1.165) is 12.8 Å². The van der Waals surface area contributed by atoms with Gasteiger partial charge in [0.2, 0.25) is 11.8 Å². The van der Waals surface area contributed by atoms with Crippen LogP contribution >= 0.6 is 0 Å². The van der Waals surface area contributed by atoms with Crippen molar-refractivity contribution in [2.45, 2.75) is 52.5 Å². The van der Waals surface area contributed by atoms with E-state index in [1.165, 1.54) is 13.3 Å². The van der Waals surface area contributed by atoms with E-state index in [1.807, 2.05) is 0 Å². The minimum absolute atomic E-state index is 0.0384. The number of nitrogens with one attached hydrogen (secondary N) is 2. The van der Waals surface area contributed by atoms with Gasteiger partial charge in [-0.2, -0.15) is 0 Å². The highest BCUT2D eigenvalue weighted by atomic mass is 16.2. The molecule has 0 aromatic rings. The Morgan fingerprint density at radius 1 is 1.38 bits per heavy atom. The lowest BCUT2D eigenvalue weighted by molar-refractivity contribution is -0.122. The lowest BCUT2D eigenvalue weighted by Gasteiger charge is -2.17. The lowest BCUT2D eigenvalue weighted by Crippen LogP contribution is -2.35. The van der Waals surface area contributed by atoms with E-state index in [0.29, 0.717) is 24.4 Å². The molecular formula is C12H22N2O2. The third-order valence-electron chi connectivity index (χ3n) is 3.06. The Hall–Kier alpha value is -1.06. The van der Waals surface area contributed by atoms with Gasteiger partial charge in [-0.05, 0) is 24.7 Å². The first kappa shape index (κ1) is 13.0. The zero-order chi connectivity index (χ0) is 12.2. The summed E-state index contributed by atoms with van der Waals surface area (Å²) >= 11 is 0. The molecule has 2 amide bonds. The van der Waals surface area contributed by atoms with Gasteiger partial charge < -0.3 is 10.6 Å². The van der Waals surface area contributed by atoms with Crippen LogP contribution in [0.15, 0.2) is 0 Å². The van der Waals surface area contributed by atoms with E-state index in [1.54, 1.807) is 0 Å². The number of hydrogen-bond acceptors (Lipinski definition) is 2. The Morgan fingerprint density at radius 2 is 2.06 bits per heavy atom. The van der Waals surface area contributed by atoms with E-state index in [9.17, 15) is 9.59 Å². The van der Waals surface area contributed by atoms with Crippen molar-refractivity contribution >= 4 is 11.8 Å². The van der Waals surface area contributed by atoms with Crippen molar-refractivity contribution < 1.29 is 9.59 Å². The Bertz CT molecular complexity index is 274. The number of carbonyl (C=O) groups excluding carboxylic acids is 2. The number of amides is 2.